The molecule has 1 aromatic rings. The molecule has 2 rings (SSSR count). The summed E-state index contributed by atoms with van der Waals surface area (Å²) in [5.41, 5.74) is -0.737. The van der Waals surface area contributed by atoms with Gasteiger partial charge in [-0.05, 0) is 12.0 Å². The van der Waals surface area contributed by atoms with E-state index in [1.807, 2.05) is 0 Å². The van der Waals surface area contributed by atoms with Crippen molar-refractivity contribution >= 4 is 17.6 Å². The van der Waals surface area contributed by atoms with Crippen molar-refractivity contribution < 1.29 is 18.9 Å². The molecule has 1 unspecified atom stereocenters. The van der Waals surface area contributed by atoms with E-state index in [-0.39, 0.29) is 11.5 Å². The number of nitrogens with one attached hydrogen (secondary N) is 1. The van der Waals surface area contributed by atoms with Gasteiger partial charge in [-0.2, -0.15) is 0 Å². The Bertz CT molecular complexity index is 617. The zero-order valence-corrected chi connectivity index (χ0v) is 11.5. The summed E-state index contributed by atoms with van der Waals surface area (Å²) in [6, 6.07) is 2.04. The van der Waals surface area contributed by atoms with Crippen LogP contribution in [0.3, 0.4) is 0 Å². The van der Waals surface area contributed by atoms with Crippen LogP contribution >= 0.6 is 0 Å². The van der Waals surface area contributed by atoms with Crippen LogP contribution < -0.4 is 5.32 Å². The molecule has 1 N–H and O–H groups in total. The molecular formula is C13H14FN3O4. The number of benzene rings is 1. The number of nitro groups is 1. The maximum absolute atomic E-state index is 13.8. The Morgan fingerprint density at radius 2 is 2.10 bits per heavy atom. The van der Waals surface area contributed by atoms with Gasteiger partial charge in [0.05, 0.1) is 17.0 Å². The van der Waals surface area contributed by atoms with Crippen molar-refractivity contribution in [3.63, 3.8) is 0 Å². The van der Waals surface area contributed by atoms with Gasteiger partial charge in [-0.1, -0.05) is 19.9 Å². The number of imide groups is 1. The number of nitrogens with zero attached hydrogens (tertiary/aromatic N) is 2. The van der Waals surface area contributed by atoms with Gasteiger partial charge < -0.3 is 5.32 Å². The summed E-state index contributed by atoms with van der Waals surface area (Å²) in [6.45, 7) is 3.06. The average Bonchev–Trinajstić information content (AvgIpc) is 2.68. The van der Waals surface area contributed by atoms with E-state index in [1.165, 1.54) is 6.07 Å². The highest BCUT2D eigenvalue weighted by Crippen LogP contribution is 2.25. The first-order chi connectivity index (χ1) is 9.82. The third-order valence-electron chi connectivity index (χ3n) is 3.33. The van der Waals surface area contributed by atoms with Crippen LogP contribution in [-0.4, -0.2) is 27.8 Å². The number of carbonyl (C=O) groups is 2. The number of hydrogen-bond acceptors (Lipinski definition) is 4. The minimum Gasteiger partial charge on any atom is -0.326 e. The molecule has 0 aromatic heterocycles. The van der Waals surface area contributed by atoms with E-state index in [4.69, 9.17) is 0 Å². The van der Waals surface area contributed by atoms with Crippen LogP contribution in [0.5, 0.6) is 0 Å². The second-order valence-electron chi connectivity index (χ2n) is 5.09. The van der Waals surface area contributed by atoms with Gasteiger partial charge in [0.25, 0.3) is 11.6 Å². The van der Waals surface area contributed by atoms with E-state index >= 15 is 0 Å². The molecule has 1 saturated heterocycles. The Hall–Kier alpha value is -2.51. The number of carbonyl (C=O) groups excluding carboxylic acids is 2. The minimum absolute atomic E-state index is 0.123. The van der Waals surface area contributed by atoms with Crippen molar-refractivity contribution in [2.75, 3.05) is 0 Å². The summed E-state index contributed by atoms with van der Waals surface area (Å²) in [5.74, 6) is -1.45. The van der Waals surface area contributed by atoms with Gasteiger partial charge in [0, 0.05) is 6.07 Å². The van der Waals surface area contributed by atoms with Gasteiger partial charge in [-0.25, -0.2) is 9.18 Å². The second-order valence-corrected chi connectivity index (χ2v) is 5.09. The van der Waals surface area contributed by atoms with Crippen LogP contribution in [0.25, 0.3) is 0 Å². The topological polar surface area (TPSA) is 92.6 Å². The molecule has 112 valence electrons. The Labute approximate surface area is 119 Å². The number of nitro benzene ring substituents is 1. The molecule has 1 aromatic carbocycles. The van der Waals surface area contributed by atoms with E-state index in [9.17, 15) is 24.1 Å². The summed E-state index contributed by atoms with van der Waals surface area (Å²) in [5, 5.41) is 13.4. The third-order valence-corrected chi connectivity index (χ3v) is 3.33. The van der Waals surface area contributed by atoms with E-state index in [2.05, 4.69) is 5.32 Å². The lowest BCUT2D eigenvalue weighted by Crippen LogP contribution is -2.34. The van der Waals surface area contributed by atoms with Crippen LogP contribution in [0.15, 0.2) is 18.2 Å². The standard InChI is InChI=1S/C13H14FN3O4/c1-7(2)11-12(18)16(13(19)15-11)6-8-9(14)4-3-5-10(8)17(20)21/h3-5,7,11H,6H2,1-2H3,(H,15,19). The molecule has 0 radical (unpaired) electrons. The van der Waals surface area contributed by atoms with Gasteiger partial charge >= 0.3 is 6.03 Å². The molecule has 1 aliphatic heterocycles. The predicted octanol–water partition coefficient (Wildman–Crippen LogP) is 1.81. The third kappa shape index (κ3) is 2.69. The predicted molar refractivity (Wildman–Crippen MR) is 70.8 cm³/mol. The van der Waals surface area contributed by atoms with Crippen LogP contribution in [0.2, 0.25) is 0 Å². The first-order valence-corrected chi connectivity index (χ1v) is 6.36. The highest BCUT2D eigenvalue weighted by Gasteiger charge is 2.40. The lowest BCUT2D eigenvalue weighted by molar-refractivity contribution is -0.385. The van der Waals surface area contributed by atoms with Gasteiger partial charge in [0.1, 0.15) is 11.9 Å². The number of rotatable bonds is 4. The zero-order chi connectivity index (χ0) is 15.7. The highest BCUT2D eigenvalue weighted by molar-refractivity contribution is 6.04. The number of urea groups is 1. The molecule has 3 amide bonds. The number of amides is 3. The molecule has 1 heterocycles. The highest BCUT2D eigenvalue weighted by atomic mass is 19.1. The van der Waals surface area contributed by atoms with Crippen molar-refractivity contribution in [3.8, 4) is 0 Å². The fraction of sp³-hybridized carbons (Fsp3) is 0.385. The number of hydrogen-bond donors (Lipinski definition) is 1. The van der Waals surface area contributed by atoms with Crippen molar-refractivity contribution in [1.82, 2.24) is 10.2 Å². The largest absolute Gasteiger partial charge is 0.326 e. The second kappa shape index (κ2) is 5.47. The first kappa shape index (κ1) is 14.9. The van der Waals surface area contributed by atoms with E-state index in [1.54, 1.807) is 13.8 Å². The Morgan fingerprint density at radius 1 is 1.43 bits per heavy atom. The maximum atomic E-state index is 13.8. The molecule has 0 aliphatic carbocycles. The molecule has 0 spiro atoms. The van der Waals surface area contributed by atoms with Crippen LogP contribution in [0.4, 0.5) is 14.9 Å². The van der Waals surface area contributed by atoms with Gasteiger partial charge in [0.2, 0.25) is 0 Å². The molecule has 7 nitrogen and oxygen atoms in total. The molecular weight excluding hydrogens is 281 g/mol. The minimum atomic E-state index is -0.821. The van der Waals surface area contributed by atoms with Crippen molar-refractivity contribution in [1.29, 1.82) is 0 Å². The average molecular weight is 295 g/mol. The Kier molecular flexibility index (Phi) is 3.88. The monoisotopic (exact) mass is 295 g/mol. The SMILES string of the molecule is CC(C)C1NC(=O)N(Cc2c(F)cccc2[N+](=O)[O-])C1=O. The lowest BCUT2D eigenvalue weighted by Gasteiger charge is -2.15. The first-order valence-electron chi connectivity index (χ1n) is 6.36. The lowest BCUT2D eigenvalue weighted by atomic mass is 10.0. The van der Waals surface area contributed by atoms with Crippen LogP contribution in [0.1, 0.15) is 19.4 Å². The summed E-state index contributed by atoms with van der Waals surface area (Å²) in [7, 11) is 0. The maximum Gasteiger partial charge on any atom is 0.325 e. The molecule has 1 fully saturated rings. The van der Waals surface area contributed by atoms with Crippen molar-refractivity contribution in [2.24, 2.45) is 5.92 Å². The summed E-state index contributed by atoms with van der Waals surface area (Å²) < 4.78 is 13.8. The fourth-order valence-corrected chi connectivity index (χ4v) is 2.18. The van der Waals surface area contributed by atoms with Gasteiger partial charge in [-0.15, -0.1) is 0 Å². The summed E-state index contributed by atoms with van der Waals surface area (Å²) >= 11 is 0. The smallest absolute Gasteiger partial charge is 0.325 e. The van der Waals surface area contributed by atoms with E-state index in [0.29, 0.717) is 0 Å². The zero-order valence-electron chi connectivity index (χ0n) is 11.5. The molecule has 0 saturated carbocycles. The Morgan fingerprint density at radius 3 is 2.62 bits per heavy atom. The molecule has 1 aliphatic rings. The van der Waals surface area contributed by atoms with E-state index in [0.717, 1.165) is 17.0 Å². The number of halogens is 1. The molecule has 8 heteroatoms. The fourth-order valence-electron chi connectivity index (χ4n) is 2.18. The van der Waals surface area contributed by atoms with Crippen LogP contribution in [-0.2, 0) is 11.3 Å². The normalized spacial score (nSPS) is 18.3. The molecule has 1 atom stereocenters. The van der Waals surface area contributed by atoms with Crippen molar-refractivity contribution in [2.45, 2.75) is 26.4 Å². The van der Waals surface area contributed by atoms with E-state index < -0.39 is 41.0 Å². The summed E-state index contributed by atoms with van der Waals surface area (Å²) in [6.07, 6.45) is 0. The van der Waals surface area contributed by atoms with Crippen LogP contribution in [0, 0.1) is 21.8 Å². The van der Waals surface area contributed by atoms with Gasteiger partial charge in [-0.3, -0.25) is 19.8 Å². The molecule has 21 heavy (non-hydrogen) atoms. The Balaban J connectivity index is 2.33. The van der Waals surface area contributed by atoms with Crippen molar-refractivity contribution in [3.05, 3.63) is 39.7 Å². The molecule has 0 bridgehead atoms. The summed E-state index contributed by atoms with van der Waals surface area (Å²) in [4.78, 5) is 34.9. The quantitative estimate of drug-likeness (QED) is 0.521. The van der Waals surface area contributed by atoms with Gasteiger partial charge in [0.15, 0.2) is 0 Å².